The largest absolute Gasteiger partial charge is 0.453 e. The summed E-state index contributed by atoms with van der Waals surface area (Å²) in [6.45, 7) is 0. The van der Waals surface area contributed by atoms with Crippen LogP contribution in [0.1, 0.15) is 22.0 Å². The summed E-state index contributed by atoms with van der Waals surface area (Å²) in [6, 6.07) is 17.5. The number of hydrogen-bond acceptors (Lipinski definition) is 3. The van der Waals surface area contributed by atoms with Crippen molar-refractivity contribution in [3.05, 3.63) is 65.7 Å². The zero-order valence-corrected chi connectivity index (χ0v) is 10.5. The van der Waals surface area contributed by atoms with Gasteiger partial charge in [-0.3, -0.25) is 0 Å². The van der Waals surface area contributed by atoms with Crippen molar-refractivity contribution in [2.24, 2.45) is 0 Å². The number of cyclic esters (lactones) is 1. The van der Waals surface area contributed by atoms with Crippen LogP contribution in [0.25, 0.3) is 0 Å². The van der Waals surface area contributed by atoms with E-state index in [-0.39, 0.29) is 12.1 Å². The molecule has 0 spiro atoms. The molecule has 0 aromatic heterocycles. The van der Waals surface area contributed by atoms with Crippen molar-refractivity contribution in [2.75, 3.05) is 5.75 Å². The molecular weight excluding hydrogens is 244 g/mol. The Morgan fingerprint density at radius 3 is 2.56 bits per heavy atom. The molecule has 3 rings (SSSR count). The Kier molecular flexibility index (Phi) is 3.07. The molecule has 0 saturated heterocycles. The van der Waals surface area contributed by atoms with Crippen LogP contribution in [-0.4, -0.2) is 11.7 Å². The van der Waals surface area contributed by atoms with Gasteiger partial charge in [0.2, 0.25) is 0 Å². The fourth-order valence-electron chi connectivity index (χ4n) is 1.99. The molecule has 1 aliphatic heterocycles. The predicted molar refractivity (Wildman–Crippen MR) is 71.8 cm³/mol. The van der Waals surface area contributed by atoms with Gasteiger partial charge >= 0.3 is 5.97 Å². The van der Waals surface area contributed by atoms with E-state index in [2.05, 4.69) is 0 Å². The molecule has 0 bridgehead atoms. The summed E-state index contributed by atoms with van der Waals surface area (Å²) in [7, 11) is 0. The minimum Gasteiger partial charge on any atom is -0.453 e. The Bertz CT molecular complexity index is 566. The second-order valence-electron chi connectivity index (χ2n) is 4.11. The van der Waals surface area contributed by atoms with E-state index in [0.29, 0.717) is 5.56 Å². The van der Waals surface area contributed by atoms with E-state index in [9.17, 15) is 4.79 Å². The van der Waals surface area contributed by atoms with Crippen molar-refractivity contribution < 1.29 is 9.53 Å². The molecule has 1 heterocycles. The van der Waals surface area contributed by atoms with Crippen LogP contribution >= 0.6 is 11.8 Å². The maximum atomic E-state index is 12.1. The molecule has 0 N–H and O–H groups in total. The molecule has 1 aliphatic rings. The van der Waals surface area contributed by atoms with Crippen molar-refractivity contribution in [2.45, 2.75) is 11.0 Å². The van der Waals surface area contributed by atoms with Crippen molar-refractivity contribution in [3.8, 4) is 0 Å². The predicted octanol–water partition coefficient (Wildman–Crippen LogP) is 3.69. The molecule has 1 atom stereocenters. The van der Waals surface area contributed by atoms with Crippen molar-refractivity contribution >= 4 is 17.7 Å². The van der Waals surface area contributed by atoms with Gasteiger partial charge in [-0.25, -0.2) is 4.79 Å². The van der Waals surface area contributed by atoms with E-state index in [1.807, 2.05) is 54.6 Å². The molecule has 90 valence electrons. The zero-order valence-electron chi connectivity index (χ0n) is 9.71. The number of fused-ring (bicyclic) bond motifs is 1. The van der Waals surface area contributed by atoms with Crippen molar-refractivity contribution in [3.63, 3.8) is 0 Å². The Morgan fingerprint density at radius 1 is 1.00 bits per heavy atom. The first-order valence-electron chi connectivity index (χ1n) is 5.82. The Morgan fingerprint density at radius 2 is 1.72 bits per heavy atom. The molecule has 18 heavy (non-hydrogen) atoms. The van der Waals surface area contributed by atoms with Gasteiger partial charge in [0.05, 0.1) is 5.56 Å². The van der Waals surface area contributed by atoms with Gasteiger partial charge in [0, 0.05) is 10.6 Å². The number of carbonyl (C=O) groups is 1. The lowest BCUT2D eigenvalue weighted by Gasteiger charge is -2.14. The normalized spacial score (nSPS) is 18.7. The highest BCUT2D eigenvalue weighted by Crippen LogP contribution is 2.34. The quantitative estimate of drug-likeness (QED) is 0.728. The van der Waals surface area contributed by atoms with Crippen LogP contribution in [-0.2, 0) is 4.74 Å². The smallest absolute Gasteiger partial charge is 0.339 e. The highest BCUT2D eigenvalue weighted by molar-refractivity contribution is 7.99. The van der Waals surface area contributed by atoms with Gasteiger partial charge in [0.1, 0.15) is 6.10 Å². The second kappa shape index (κ2) is 4.86. The fourth-order valence-corrected chi connectivity index (χ4v) is 3.06. The van der Waals surface area contributed by atoms with Crippen LogP contribution in [0.3, 0.4) is 0 Å². The lowest BCUT2D eigenvalue weighted by Crippen LogP contribution is -2.11. The minimum absolute atomic E-state index is 0.170. The van der Waals surface area contributed by atoms with Crippen molar-refractivity contribution in [1.82, 2.24) is 0 Å². The first-order valence-corrected chi connectivity index (χ1v) is 6.81. The van der Waals surface area contributed by atoms with E-state index in [4.69, 9.17) is 4.74 Å². The molecule has 0 radical (unpaired) electrons. The molecule has 0 fully saturated rings. The molecular formula is C15H12O2S. The van der Waals surface area contributed by atoms with E-state index in [1.165, 1.54) is 0 Å². The molecule has 0 saturated carbocycles. The van der Waals surface area contributed by atoms with E-state index < -0.39 is 0 Å². The molecule has 0 amide bonds. The van der Waals surface area contributed by atoms with Crippen LogP contribution in [0.2, 0.25) is 0 Å². The third-order valence-electron chi connectivity index (χ3n) is 2.92. The highest BCUT2D eigenvalue weighted by atomic mass is 32.2. The number of thioether (sulfide) groups is 1. The molecule has 1 unspecified atom stereocenters. The summed E-state index contributed by atoms with van der Waals surface area (Å²) < 4.78 is 5.56. The Hall–Kier alpha value is -1.74. The van der Waals surface area contributed by atoms with Crippen molar-refractivity contribution in [1.29, 1.82) is 0 Å². The van der Waals surface area contributed by atoms with Gasteiger partial charge in [-0.1, -0.05) is 42.5 Å². The topological polar surface area (TPSA) is 26.3 Å². The van der Waals surface area contributed by atoms with E-state index in [1.54, 1.807) is 11.8 Å². The van der Waals surface area contributed by atoms with Gasteiger partial charge in [0.25, 0.3) is 0 Å². The second-order valence-corrected chi connectivity index (χ2v) is 5.17. The maximum absolute atomic E-state index is 12.1. The fraction of sp³-hybridized carbons (Fsp3) is 0.133. The third-order valence-corrected chi connectivity index (χ3v) is 4.05. The molecule has 2 aromatic rings. The SMILES string of the molecule is O=C1OC(c2ccccc2)CSc2ccccc21. The summed E-state index contributed by atoms with van der Waals surface area (Å²) >= 11 is 1.67. The Labute approximate surface area is 110 Å². The lowest BCUT2D eigenvalue weighted by molar-refractivity contribution is 0.0349. The number of benzene rings is 2. The number of ether oxygens (including phenoxy) is 1. The number of carbonyl (C=O) groups excluding carboxylic acids is 1. The average Bonchev–Trinajstić information content (AvgIpc) is 2.60. The molecule has 3 heteroatoms. The van der Waals surface area contributed by atoms with Gasteiger partial charge in [-0.15, -0.1) is 11.8 Å². The zero-order chi connectivity index (χ0) is 12.4. The monoisotopic (exact) mass is 256 g/mol. The van der Waals surface area contributed by atoms with Crippen LogP contribution in [0.4, 0.5) is 0 Å². The summed E-state index contributed by atoms with van der Waals surface area (Å²) in [6.07, 6.45) is -0.170. The standard InChI is InChI=1S/C15H12O2S/c16-15-12-8-4-5-9-14(12)18-10-13(17-15)11-6-2-1-3-7-11/h1-9,13H,10H2. The Balaban J connectivity index is 1.91. The number of hydrogen-bond donors (Lipinski definition) is 0. The van der Waals surface area contributed by atoms with Crippen LogP contribution in [0.15, 0.2) is 59.5 Å². The highest BCUT2D eigenvalue weighted by Gasteiger charge is 2.24. The lowest BCUT2D eigenvalue weighted by atomic mass is 10.1. The third kappa shape index (κ3) is 2.14. The van der Waals surface area contributed by atoms with E-state index in [0.717, 1.165) is 16.2 Å². The average molecular weight is 256 g/mol. The summed E-state index contributed by atoms with van der Waals surface area (Å²) in [5.41, 5.74) is 1.71. The van der Waals surface area contributed by atoms with Gasteiger partial charge < -0.3 is 4.74 Å². The first kappa shape index (κ1) is 11.4. The summed E-state index contributed by atoms with van der Waals surface area (Å²) in [4.78, 5) is 13.1. The minimum atomic E-state index is -0.232. The maximum Gasteiger partial charge on any atom is 0.339 e. The summed E-state index contributed by atoms with van der Waals surface area (Å²) in [5.74, 6) is 0.525. The number of rotatable bonds is 1. The molecule has 2 nitrogen and oxygen atoms in total. The summed E-state index contributed by atoms with van der Waals surface area (Å²) in [5, 5.41) is 0. The number of esters is 1. The van der Waals surface area contributed by atoms with Crippen LogP contribution < -0.4 is 0 Å². The van der Waals surface area contributed by atoms with Gasteiger partial charge in [0.15, 0.2) is 0 Å². The van der Waals surface area contributed by atoms with Gasteiger partial charge in [-0.2, -0.15) is 0 Å². The van der Waals surface area contributed by atoms with Crippen LogP contribution in [0, 0.1) is 0 Å². The molecule has 0 aliphatic carbocycles. The van der Waals surface area contributed by atoms with E-state index >= 15 is 0 Å². The first-order chi connectivity index (χ1) is 8.84. The van der Waals surface area contributed by atoms with Crippen LogP contribution in [0.5, 0.6) is 0 Å². The molecule has 2 aromatic carbocycles. The van der Waals surface area contributed by atoms with Gasteiger partial charge in [-0.05, 0) is 17.7 Å².